The molecule has 0 bridgehead atoms. The van der Waals surface area contributed by atoms with Gasteiger partial charge in [0.1, 0.15) is 11.4 Å². The molecule has 26 heavy (non-hydrogen) atoms. The van der Waals surface area contributed by atoms with Crippen LogP contribution in [0.2, 0.25) is 0 Å². The molecule has 0 radical (unpaired) electrons. The zero-order valence-corrected chi connectivity index (χ0v) is 14.1. The summed E-state index contributed by atoms with van der Waals surface area (Å²) >= 11 is 0. The fourth-order valence-electron chi connectivity index (χ4n) is 3.89. The number of aromatic nitrogens is 5. The van der Waals surface area contributed by atoms with E-state index < -0.39 is 0 Å². The number of hydrogen-bond donors (Lipinski definition) is 3. The predicted octanol–water partition coefficient (Wildman–Crippen LogP) is 1.29. The lowest BCUT2D eigenvalue weighted by atomic mass is 10.0. The fourth-order valence-corrected chi connectivity index (χ4v) is 3.89. The molecule has 4 heterocycles. The number of phenols is 1. The van der Waals surface area contributed by atoms with Crippen molar-refractivity contribution >= 4 is 5.95 Å². The van der Waals surface area contributed by atoms with Crippen LogP contribution in [0, 0.1) is 11.8 Å². The molecule has 2 unspecified atom stereocenters. The van der Waals surface area contributed by atoms with Crippen molar-refractivity contribution in [2.45, 2.75) is 0 Å². The Balaban J connectivity index is 1.37. The summed E-state index contributed by atoms with van der Waals surface area (Å²) in [4.78, 5) is 6.69. The Morgan fingerprint density at radius 1 is 1.04 bits per heavy atom. The van der Waals surface area contributed by atoms with Crippen molar-refractivity contribution in [3.8, 4) is 28.1 Å². The minimum atomic E-state index is 0.148. The van der Waals surface area contributed by atoms with E-state index in [-0.39, 0.29) is 5.75 Å². The highest BCUT2D eigenvalue weighted by Crippen LogP contribution is 2.32. The predicted molar refractivity (Wildman–Crippen MR) is 96.6 cm³/mol. The van der Waals surface area contributed by atoms with Gasteiger partial charge in [0.2, 0.25) is 5.95 Å². The molecule has 0 amide bonds. The van der Waals surface area contributed by atoms with Crippen molar-refractivity contribution in [3.05, 3.63) is 36.8 Å². The van der Waals surface area contributed by atoms with Gasteiger partial charge >= 0.3 is 0 Å². The van der Waals surface area contributed by atoms with E-state index >= 15 is 0 Å². The van der Waals surface area contributed by atoms with Crippen molar-refractivity contribution in [2.24, 2.45) is 11.8 Å². The number of phenolic OH excluding ortho intramolecular Hbond substituents is 1. The second-order valence-corrected chi connectivity index (χ2v) is 6.95. The molecule has 2 aliphatic heterocycles. The quantitative estimate of drug-likeness (QED) is 0.655. The van der Waals surface area contributed by atoms with Gasteiger partial charge in [-0.2, -0.15) is 5.10 Å². The van der Waals surface area contributed by atoms with E-state index in [0.717, 1.165) is 37.3 Å². The summed E-state index contributed by atoms with van der Waals surface area (Å²) in [5, 5.41) is 29.1. The highest BCUT2D eigenvalue weighted by molar-refractivity contribution is 5.73. The summed E-state index contributed by atoms with van der Waals surface area (Å²) in [5.41, 5.74) is 2.98. The number of H-pyrrole nitrogens is 1. The van der Waals surface area contributed by atoms with E-state index in [2.05, 4.69) is 35.6 Å². The summed E-state index contributed by atoms with van der Waals surface area (Å²) in [6, 6.07) is 5.45. The van der Waals surface area contributed by atoms with Gasteiger partial charge in [-0.05, 0) is 29.5 Å². The van der Waals surface area contributed by atoms with E-state index in [1.54, 1.807) is 24.7 Å². The Bertz CT molecular complexity index is 898. The maximum atomic E-state index is 10.4. The number of nitrogens with one attached hydrogen (secondary N) is 2. The molecule has 0 aliphatic carbocycles. The molecule has 3 aromatic rings. The van der Waals surface area contributed by atoms with Gasteiger partial charge < -0.3 is 15.3 Å². The molecular weight excluding hydrogens is 330 g/mol. The molecule has 0 saturated carbocycles. The summed E-state index contributed by atoms with van der Waals surface area (Å²) in [6.07, 6.45) is 5.18. The molecule has 5 rings (SSSR count). The van der Waals surface area contributed by atoms with Gasteiger partial charge in [-0.1, -0.05) is 6.07 Å². The molecule has 2 aliphatic rings. The van der Waals surface area contributed by atoms with Gasteiger partial charge in [0, 0.05) is 43.5 Å². The zero-order chi connectivity index (χ0) is 17.5. The second kappa shape index (κ2) is 6.06. The summed E-state index contributed by atoms with van der Waals surface area (Å²) < 4.78 is 0. The number of aromatic hydroxyl groups is 1. The van der Waals surface area contributed by atoms with Gasteiger partial charge in [-0.15, -0.1) is 10.2 Å². The molecule has 132 valence electrons. The fraction of sp³-hybridized carbons (Fsp3) is 0.333. The van der Waals surface area contributed by atoms with Crippen LogP contribution in [-0.4, -0.2) is 56.7 Å². The van der Waals surface area contributed by atoms with Gasteiger partial charge in [0.05, 0.1) is 12.4 Å². The Morgan fingerprint density at radius 3 is 2.54 bits per heavy atom. The first-order valence-corrected chi connectivity index (χ1v) is 8.76. The van der Waals surface area contributed by atoms with Crippen LogP contribution < -0.4 is 10.2 Å². The number of hydrogen-bond acceptors (Lipinski definition) is 7. The van der Waals surface area contributed by atoms with Crippen LogP contribution in [0.4, 0.5) is 5.95 Å². The number of anilines is 1. The minimum absolute atomic E-state index is 0.148. The molecule has 0 spiro atoms. The molecule has 2 fully saturated rings. The van der Waals surface area contributed by atoms with Crippen LogP contribution in [-0.2, 0) is 0 Å². The van der Waals surface area contributed by atoms with E-state index in [4.69, 9.17) is 0 Å². The lowest BCUT2D eigenvalue weighted by molar-refractivity contribution is 0.477. The number of benzene rings is 1. The molecule has 2 aromatic heterocycles. The van der Waals surface area contributed by atoms with Crippen molar-refractivity contribution < 1.29 is 5.11 Å². The average molecular weight is 349 g/mol. The van der Waals surface area contributed by atoms with Crippen LogP contribution in [0.25, 0.3) is 22.4 Å². The summed E-state index contributed by atoms with van der Waals surface area (Å²) in [7, 11) is 0. The van der Waals surface area contributed by atoms with E-state index in [9.17, 15) is 5.11 Å². The first kappa shape index (κ1) is 15.3. The lowest BCUT2D eigenvalue weighted by Gasteiger charge is -2.16. The largest absolute Gasteiger partial charge is 0.507 e. The maximum Gasteiger partial charge on any atom is 0.245 e. The van der Waals surface area contributed by atoms with Crippen molar-refractivity contribution in [1.29, 1.82) is 0 Å². The van der Waals surface area contributed by atoms with E-state index in [0.29, 0.717) is 29.0 Å². The highest BCUT2D eigenvalue weighted by atomic mass is 16.3. The molecule has 3 N–H and O–H groups in total. The molecule has 8 heteroatoms. The van der Waals surface area contributed by atoms with Crippen molar-refractivity contribution in [3.63, 3.8) is 0 Å². The number of aromatic amines is 1. The number of nitrogens with zero attached hydrogens (tertiary/aromatic N) is 5. The van der Waals surface area contributed by atoms with Crippen LogP contribution >= 0.6 is 0 Å². The SMILES string of the molecule is Oc1cc(-c2cn[nH]c2)ccc1-c1cnc(N2CC3CNCC3C2)nn1. The molecule has 2 saturated heterocycles. The molecule has 2 atom stereocenters. The third kappa shape index (κ3) is 2.59. The van der Waals surface area contributed by atoms with Crippen LogP contribution in [0.5, 0.6) is 5.75 Å². The van der Waals surface area contributed by atoms with Crippen molar-refractivity contribution in [2.75, 3.05) is 31.1 Å². The summed E-state index contributed by atoms with van der Waals surface area (Å²) in [5.74, 6) is 2.17. The number of rotatable bonds is 3. The summed E-state index contributed by atoms with van der Waals surface area (Å²) in [6.45, 7) is 4.10. The third-order valence-electron chi connectivity index (χ3n) is 5.33. The molecular formula is C18H19N7O. The van der Waals surface area contributed by atoms with Crippen LogP contribution in [0.3, 0.4) is 0 Å². The molecule has 1 aromatic carbocycles. The minimum Gasteiger partial charge on any atom is -0.507 e. The van der Waals surface area contributed by atoms with Crippen molar-refractivity contribution in [1.82, 2.24) is 30.7 Å². The van der Waals surface area contributed by atoms with Gasteiger partial charge in [-0.3, -0.25) is 5.10 Å². The number of fused-ring (bicyclic) bond motifs is 1. The standard InChI is InChI=1S/C18H19N7O/c26-17-3-11(12-6-21-22-7-12)1-2-15(17)16-8-20-18(24-23-16)25-9-13-4-19-5-14(13)10-25/h1-3,6-8,13-14,19,26H,4-5,9-10H2,(H,21,22). The smallest absolute Gasteiger partial charge is 0.245 e. The van der Waals surface area contributed by atoms with Crippen LogP contribution in [0.1, 0.15) is 0 Å². The average Bonchev–Trinajstić information content (AvgIpc) is 3.39. The Kier molecular flexibility index (Phi) is 3.56. The van der Waals surface area contributed by atoms with Crippen LogP contribution in [0.15, 0.2) is 36.8 Å². The lowest BCUT2D eigenvalue weighted by Crippen LogP contribution is -2.27. The van der Waals surface area contributed by atoms with E-state index in [1.807, 2.05) is 12.1 Å². The third-order valence-corrected chi connectivity index (χ3v) is 5.33. The van der Waals surface area contributed by atoms with E-state index in [1.165, 1.54) is 0 Å². The Hall–Kier alpha value is -3.00. The van der Waals surface area contributed by atoms with Gasteiger partial charge in [-0.25, -0.2) is 4.98 Å². The van der Waals surface area contributed by atoms with Gasteiger partial charge in [0.15, 0.2) is 0 Å². The molecule has 8 nitrogen and oxygen atoms in total. The Labute approximate surface area is 150 Å². The first-order valence-electron chi connectivity index (χ1n) is 8.76. The first-order chi connectivity index (χ1) is 12.8. The monoisotopic (exact) mass is 349 g/mol. The zero-order valence-electron chi connectivity index (χ0n) is 14.1. The highest BCUT2D eigenvalue weighted by Gasteiger charge is 2.37. The Morgan fingerprint density at radius 2 is 1.88 bits per heavy atom. The maximum absolute atomic E-state index is 10.4. The second-order valence-electron chi connectivity index (χ2n) is 6.95. The normalized spacial score (nSPS) is 21.9. The van der Waals surface area contributed by atoms with Gasteiger partial charge in [0.25, 0.3) is 0 Å². The topological polar surface area (TPSA) is 103 Å².